The molecule has 0 saturated carbocycles. The lowest BCUT2D eigenvalue weighted by Crippen LogP contribution is -1.85. The number of ether oxygens (including phenoxy) is 2. The maximum atomic E-state index is 5.83. The van der Waals surface area contributed by atoms with Crippen molar-refractivity contribution in [3.63, 3.8) is 0 Å². The zero-order chi connectivity index (χ0) is 25.6. The average Bonchev–Trinajstić information content (AvgIpc) is 2.95. The Kier molecular flexibility index (Phi) is 18.0. The van der Waals surface area contributed by atoms with E-state index in [2.05, 4.69) is 24.3 Å². The number of benzene rings is 4. The van der Waals surface area contributed by atoms with Gasteiger partial charge in [0.15, 0.2) is 0 Å². The summed E-state index contributed by atoms with van der Waals surface area (Å²) in [5.74, 6) is 3.32. The molecule has 34 heavy (non-hydrogen) atoms. The van der Waals surface area contributed by atoms with Crippen LogP contribution in [0.3, 0.4) is 0 Å². The summed E-state index contributed by atoms with van der Waals surface area (Å²) >= 11 is 0. The van der Waals surface area contributed by atoms with E-state index >= 15 is 0 Å². The third-order valence-electron chi connectivity index (χ3n) is 4.00. The van der Waals surface area contributed by atoms with E-state index in [0.29, 0.717) is 0 Å². The highest BCUT2D eigenvalue weighted by Crippen LogP contribution is 2.28. The summed E-state index contributed by atoms with van der Waals surface area (Å²) in [6, 6.07) is 35.7. The van der Waals surface area contributed by atoms with Crippen LogP contribution in [0, 0.1) is 0 Å². The standard InChI is InChI=1S/C24H18O2.4C2H6/c1-3-7-21(8-4-1)25-23-15-11-19(12-16-23)20-13-17-24(18-14-20)26-22-9-5-2-6-10-22;4*1-2/h1-18H;4*1-2H3. The molecule has 0 bridgehead atoms. The Morgan fingerprint density at radius 1 is 0.294 bits per heavy atom. The Bertz CT molecular complexity index is 862. The van der Waals surface area contributed by atoms with Crippen molar-refractivity contribution in [1.29, 1.82) is 0 Å². The predicted octanol–water partition coefficient (Wildman–Crippen LogP) is 11.0. The third kappa shape index (κ3) is 10.9. The van der Waals surface area contributed by atoms with Gasteiger partial charge in [0, 0.05) is 0 Å². The van der Waals surface area contributed by atoms with Crippen molar-refractivity contribution in [2.24, 2.45) is 0 Å². The monoisotopic (exact) mass is 458 g/mol. The van der Waals surface area contributed by atoms with Crippen molar-refractivity contribution in [3.8, 4) is 34.1 Å². The predicted molar refractivity (Wildman–Crippen MR) is 150 cm³/mol. The van der Waals surface area contributed by atoms with Gasteiger partial charge in [-0.25, -0.2) is 0 Å². The first-order valence-electron chi connectivity index (χ1n) is 12.5. The fourth-order valence-corrected chi connectivity index (χ4v) is 2.68. The molecule has 0 aliphatic carbocycles. The topological polar surface area (TPSA) is 18.5 Å². The van der Waals surface area contributed by atoms with E-state index in [9.17, 15) is 0 Å². The Balaban J connectivity index is 0.00000124. The molecule has 0 spiro atoms. The largest absolute Gasteiger partial charge is 0.457 e. The second kappa shape index (κ2) is 20.1. The maximum absolute atomic E-state index is 5.83. The lowest BCUT2D eigenvalue weighted by atomic mass is 10.1. The molecule has 0 N–H and O–H groups in total. The van der Waals surface area contributed by atoms with Gasteiger partial charge in [-0.2, -0.15) is 0 Å². The Hall–Kier alpha value is -3.52. The summed E-state index contributed by atoms with van der Waals surface area (Å²) in [4.78, 5) is 0. The van der Waals surface area contributed by atoms with Crippen LogP contribution in [-0.4, -0.2) is 0 Å². The molecule has 0 aliphatic heterocycles. The molecular weight excluding hydrogens is 416 g/mol. The van der Waals surface area contributed by atoms with Gasteiger partial charge in [-0.3, -0.25) is 0 Å². The van der Waals surface area contributed by atoms with Gasteiger partial charge in [0.1, 0.15) is 23.0 Å². The van der Waals surface area contributed by atoms with Gasteiger partial charge in [-0.05, 0) is 59.7 Å². The van der Waals surface area contributed by atoms with Gasteiger partial charge >= 0.3 is 0 Å². The molecule has 0 atom stereocenters. The van der Waals surface area contributed by atoms with E-state index in [1.165, 1.54) is 0 Å². The van der Waals surface area contributed by atoms with E-state index in [-0.39, 0.29) is 0 Å². The summed E-state index contributed by atoms with van der Waals surface area (Å²) in [5, 5.41) is 0. The first-order chi connectivity index (χ1) is 16.9. The molecule has 0 amide bonds. The van der Waals surface area contributed by atoms with E-state index in [4.69, 9.17) is 9.47 Å². The molecule has 0 saturated heterocycles. The third-order valence-corrected chi connectivity index (χ3v) is 4.00. The second-order valence-corrected chi connectivity index (χ2v) is 5.88. The first-order valence-corrected chi connectivity index (χ1v) is 12.5. The van der Waals surface area contributed by atoms with Crippen LogP contribution in [0.2, 0.25) is 0 Å². The number of rotatable bonds is 5. The lowest BCUT2D eigenvalue weighted by molar-refractivity contribution is 0.482. The molecule has 0 heterocycles. The van der Waals surface area contributed by atoms with Crippen molar-refractivity contribution in [3.05, 3.63) is 109 Å². The number of hydrogen-bond acceptors (Lipinski definition) is 2. The second-order valence-electron chi connectivity index (χ2n) is 5.88. The highest BCUT2D eigenvalue weighted by molar-refractivity contribution is 5.65. The zero-order valence-electron chi connectivity index (χ0n) is 22.2. The molecule has 0 aromatic heterocycles. The molecular formula is C32H42O2. The molecule has 0 radical (unpaired) electrons. The van der Waals surface area contributed by atoms with Gasteiger partial charge < -0.3 is 9.47 Å². The van der Waals surface area contributed by atoms with E-state index < -0.39 is 0 Å². The minimum Gasteiger partial charge on any atom is -0.457 e. The minimum atomic E-state index is 0.823. The molecule has 2 nitrogen and oxygen atoms in total. The fraction of sp³-hybridized carbons (Fsp3) is 0.250. The van der Waals surface area contributed by atoms with Crippen LogP contribution in [0.5, 0.6) is 23.0 Å². The van der Waals surface area contributed by atoms with Gasteiger partial charge in [0.25, 0.3) is 0 Å². The summed E-state index contributed by atoms with van der Waals surface area (Å²) in [5.41, 5.74) is 2.27. The van der Waals surface area contributed by atoms with Crippen molar-refractivity contribution in [2.45, 2.75) is 55.4 Å². The SMILES string of the molecule is CC.CC.CC.CC.c1ccc(Oc2ccc(-c3ccc(Oc4ccccc4)cc3)cc2)cc1. The number of hydrogen-bond donors (Lipinski definition) is 0. The van der Waals surface area contributed by atoms with E-state index in [1.54, 1.807) is 0 Å². The van der Waals surface area contributed by atoms with Crippen LogP contribution in [0.1, 0.15) is 55.4 Å². The van der Waals surface area contributed by atoms with Crippen LogP contribution in [0.4, 0.5) is 0 Å². The lowest BCUT2D eigenvalue weighted by Gasteiger charge is -2.08. The quantitative estimate of drug-likeness (QED) is 0.296. The van der Waals surface area contributed by atoms with Gasteiger partial charge in [-0.15, -0.1) is 0 Å². The fourth-order valence-electron chi connectivity index (χ4n) is 2.68. The van der Waals surface area contributed by atoms with Crippen LogP contribution >= 0.6 is 0 Å². The zero-order valence-corrected chi connectivity index (χ0v) is 22.2. The average molecular weight is 459 g/mol. The highest BCUT2D eigenvalue weighted by Gasteiger charge is 2.02. The van der Waals surface area contributed by atoms with E-state index in [1.807, 2.05) is 140 Å². The van der Waals surface area contributed by atoms with Crippen LogP contribution in [0.15, 0.2) is 109 Å². The molecule has 4 aromatic rings. The molecule has 4 rings (SSSR count). The Morgan fingerprint density at radius 3 is 0.794 bits per heavy atom. The number of para-hydroxylation sites is 2. The summed E-state index contributed by atoms with van der Waals surface area (Å²) < 4.78 is 11.7. The maximum Gasteiger partial charge on any atom is 0.127 e. The van der Waals surface area contributed by atoms with Gasteiger partial charge in [0.05, 0.1) is 0 Å². The summed E-state index contributed by atoms with van der Waals surface area (Å²) in [6.45, 7) is 16.0. The molecule has 0 unspecified atom stereocenters. The van der Waals surface area contributed by atoms with E-state index in [0.717, 1.165) is 34.1 Å². The van der Waals surface area contributed by atoms with Crippen molar-refractivity contribution < 1.29 is 9.47 Å². The van der Waals surface area contributed by atoms with Crippen molar-refractivity contribution in [2.75, 3.05) is 0 Å². The van der Waals surface area contributed by atoms with Crippen LogP contribution in [-0.2, 0) is 0 Å². The summed E-state index contributed by atoms with van der Waals surface area (Å²) in [6.07, 6.45) is 0. The first kappa shape index (κ1) is 30.5. The molecule has 0 aliphatic rings. The van der Waals surface area contributed by atoms with Gasteiger partial charge in [-0.1, -0.05) is 116 Å². The van der Waals surface area contributed by atoms with Crippen LogP contribution < -0.4 is 9.47 Å². The molecule has 182 valence electrons. The Morgan fingerprint density at radius 2 is 0.529 bits per heavy atom. The van der Waals surface area contributed by atoms with Crippen molar-refractivity contribution in [1.82, 2.24) is 0 Å². The van der Waals surface area contributed by atoms with Crippen molar-refractivity contribution >= 4 is 0 Å². The summed E-state index contributed by atoms with van der Waals surface area (Å²) in [7, 11) is 0. The Labute approximate surface area is 208 Å². The minimum absolute atomic E-state index is 0.823. The normalized spacial score (nSPS) is 8.59. The molecule has 4 aromatic carbocycles. The highest BCUT2D eigenvalue weighted by atomic mass is 16.5. The smallest absolute Gasteiger partial charge is 0.127 e. The molecule has 0 fully saturated rings. The van der Waals surface area contributed by atoms with Crippen LogP contribution in [0.25, 0.3) is 11.1 Å². The molecule has 2 heteroatoms. The van der Waals surface area contributed by atoms with Gasteiger partial charge in [0.2, 0.25) is 0 Å².